The first-order valence-electron chi connectivity index (χ1n) is 16.4. The highest BCUT2D eigenvalue weighted by molar-refractivity contribution is 5.85. The van der Waals surface area contributed by atoms with Crippen molar-refractivity contribution in [2.75, 3.05) is 13.2 Å². The fourth-order valence-electron chi connectivity index (χ4n) is 5.63. The smallest absolute Gasteiger partial charge is 0.330 e. The summed E-state index contributed by atoms with van der Waals surface area (Å²) in [5.41, 5.74) is 6.66. The molecule has 0 N–H and O–H groups in total. The number of benzene rings is 4. The Kier molecular flexibility index (Phi) is 11.6. The predicted molar refractivity (Wildman–Crippen MR) is 186 cm³/mol. The average molecular weight is 611 g/mol. The number of fused-ring (bicyclic) bond motifs is 2. The SMILES string of the molecule is C=CC(=O)OCCCCCCOc1ccc(C#Cc2ccc(C#Cc3ccc4cc(OC(C)C)ccc4c3)cc2)c2c1CCCC2. The predicted octanol–water partition coefficient (Wildman–Crippen LogP) is 8.97. The molecule has 0 unspecified atom stereocenters. The van der Waals surface area contributed by atoms with Gasteiger partial charge in [0.2, 0.25) is 0 Å². The van der Waals surface area contributed by atoms with Crippen molar-refractivity contribution in [2.24, 2.45) is 0 Å². The van der Waals surface area contributed by atoms with Crippen LogP contribution in [0.15, 0.2) is 85.5 Å². The van der Waals surface area contributed by atoms with Crippen LogP contribution in [0.1, 0.15) is 85.8 Å². The third kappa shape index (κ3) is 9.29. The van der Waals surface area contributed by atoms with Crippen LogP contribution in [0.2, 0.25) is 0 Å². The van der Waals surface area contributed by atoms with E-state index in [9.17, 15) is 4.79 Å². The first-order valence-corrected chi connectivity index (χ1v) is 16.4. The molecule has 0 aliphatic heterocycles. The minimum Gasteiger partial charge on any atom is -0.493 e. The molecule has 0 heterocycles. The number of carbonyl (C=O) groups is 1. The minimum absolute atomic E-state index is 0.152. The molecule has 5 rings (SSSR count). The fourth-order valence-corrected chi connectivity index (χ4v) is 5.63. The minimum atomic E-state index is -0.356. The van der Waals surface area contributed by atoms with E-state index in [2.05, 4.69) is 72.7 Å². The number of hydrogen-bond acceptors (Lipinski definition) is 4. The van der Waals surface area contributed by atoms with Gasteiger partial charge < -0.3 is 14.2 Å². The van der Waals surface area contributed by atoms with E-state index in [4.69, 9.17) is 14.2 Å². The van der Waals surface area contributed by atoms with Gasteiger partial charge in [-0.05, 0) is 148 Å². The maximum atomic E-state index is 11.1. The molecule has 0 radical (unpaired) electrons. The lowest BCUT2D eigenvalue weighted by Gasteiger charge is -2.21. The molecule has 1 aliphatic rings. The topological polar surface area (TPSA) is 44.8 Å². The molecule has 4 heteroatoms. The Hall–Kier alpha value is -4.93. The van der Waals surface area contributed by atoms with Crippen molar-refractivity contribution in [1.29, 1.82) is 0 Å². The average Bonchev–Trinajstić information content (AvgIpc) is 3.08. The summed E-state index contributed by atoms with van der Waals surface area (Å²) in [5.74, 6) is 14.9. The number of hydrogen-bond donors (Lipinski definition) is 0. The number of ether oxygens (including phenoxy) is 3. The van der Waals surface area contributed by atoms with Gasteiger partial charge in [-0.3, -0.25) is 0 Å². The first kappa shape index (κ1) is 32.5. The van der Waals surface area contributed by atoms with Crippen LogP contribution in [0.3, 0.4) is 0 Å². The summed E-state index contributed by atoms with van der Waals surface area (Å²) < 4.78 is 17.1. The van der Waals surface area contributed by atoms with Crippen LogP contribution < -0.4 is 9.47 Å². The van der Waals surface area contributed by atoms with Crippen molar-refractivity contribution in [1.82, 2.24) is 0 Å². The van der Waals surface area contributed by atoms with E-state index in [-0.39, 0.29) is 12.1 Å². The summed E-state index contributed by atoms with van der Waals surface area (Å²) in [6.07, 6.45) is 9.67. The van der Waals surface area contributed by atoms with Gasteiger partial charge in [0, 0.05) is 28.3 Å². The molecular formula is C42H42O4. The molecule has 0 bridgehead atoms. The molecule has 0 spiro atoms. The molecule has 0 saturated carbocycles. The summed E-state index contributed by atoms with van der Waals surface area (Å²) in [6, 6.07) is 24.8. The van der Waals surface area contributed by atoms with Crippen molar-refractivity contribution < 1.29 is 19.0 Å². The summed E-state index contributed by atoms with van der Waals surface area (Å²) in [7, 11) is 0. The number of carbonyl (C=O) groups excluding carboxylic acids is 1. The Morgan fingerprint density at radius 1 is 0.739 bits per heavy atom. The molecule has 0 saturated heterocycles. The van der Waals surface area contributed by atoms with Crippen molar-refractivity contribution in [3.63, 3.8) is 0 Å². The standard InChI is InChI=1S/C42H42O4/c1-4-42(43)45-28-10-6-5-9-27-44-41-26-24-35(39-11-7-8-12-40(39)41)21-19-33-15-13-32(14-16-33)17-18-34-20-22-37-30-38(46-31(2)3)25-23-36(37)29-34/h4,13-16,20,22-26,29-31H,1,5-12,27-28H2,2-3H3. The normalized spacial score (nSPS) is 11.9. The molecule has 234 valence electrons. The Balaban J connectivity index is 1.17. The van der Waals surface area contributed by atoms with Crippen molar-refractivity contribution >= 4 is 16.7 Å². The highest BCUT2D eigenvalue weighted by Gasteiger charge is 2.17. The highest BCUT2D eigenvalue weighted by atomic mass is 16.5. The molecule has 0 fully saturated rings. The van der Waals surface area contributed by atoms with Gasteiger partial charge in [-0.25, -0.2) is 4.79 Å². The van der Waals surface area contributed by atoms with Gasteiger partial charge in [0.25, 0.3) is 0 Å². The second-order valence-electron chi connectivity index (χ2n) is 11.9. The van der Waals surface area contributed by atoms with Crippen LogP contribution in [-0.2, 0) is 22.4 Å². The fraction of sp³-hybridized carbons (Fsp3) is 0.310. The van der Waals surface area contributed by atoms with E-state index in [0.717, 1.165) is 83.1 Å². The quantitative estimate of drug-likeness (QED) is 0.0736. The summed E-state index contributed by atoms with van der Waals surface area (Å²) >= 11 is 0. The second kappa shape index (κ2) is 16.4. The van der Waals surface area contributed by atoms with Gasteiger partial charge in [-0.1, -0.05) is 42.4 Å². The largest absolute Gasteiger partial charge is 0.493 e. The van der Waals surface area contributed by atoms with Crippen LogP contribution >= 0.6 is 0 Å². The Labute approximate surface area is 273 Å². The van der Waals surface area contributed by atoms with E-state index in [1.807, 2.05) is 44.2 Å². The second-order valence-corrected chi connectivity index (χ2v) is 11.9. The lowest BCUT2D eigenvalue weighted by molar-refractivity contribution is -0.137. The van der Waals surface area contributed by atoms with Crippen LogP contribution in [0.4, 0.5) is 0 Å². The van der Waals surface area contributed by atoms with Gasteiger partial charge in [0.05, 0.1) is 19.3 Å². The lowest BCUT2D eigenvalue weighted by atomic mass is 9.87. The highest BCUT2D eigenvalue weighted by Crippen LogP contribution is 2.32. The molecule has 4 nitrogen and oxygen atoms in total. The molecule has 0 amide bonds. The Bertz CT molecular complexity index is 1790. The van der Waals surface area contributed by atoms with Gasteiger partial charge in [-0.15, -0.1) is 0 Å². The third-order valence-corrected chi connectivity index (χ3v) is 7.96. The van der Waals surface area contributed by atoms with E-state index in [0.29, 0.717) is 13.2 Å². The number of rotatable bonds is 11. The van der Waals surface area contributed by atoms with E-state index >= 15 is 0 Å². The van der Waals surface area contributed by atoms with Gasteiger partial charge in [0.1, 0.15) is 11.5 Å². The van der Waals surface area contributed by atoms with Gasteiger partial charge in [0.15, 0.2) is 0 Å². The summed E-state index contributed by atoms with van der Waals surface area (Å²) in [6.45, 7) is 8.62. The molecule has 0 atom stereocenters. The Morgan fingerprint density at radius 3 is 2.11 bits per heavy atom. The third-order valence-electron chi connectivity index (χ3n) is 7.96. The van der Waals surface area contributed by atoms with E-state index in [1.165, 1.54) is 30.0 Å². The number of unbranched alkanes of at least 4 members (excludes halogenated alkanes) is 3. The summed E-state index contributed by atoms with van der Waals surface area (Å²) in [5, 5.41) is 2.29. The van der Waals surface area contributed by atoms with Crippen molar-refractivity contribution in [3.8, 4) is 35.2 Å². The van der Waals surface area contributed by atoms with Crippen LogP contribution in [0.25, 0.3) is 10.8 Å². The monoisotopic (exact) mass is 610 g/mol. The van der Waals surface area contributed by atoms with Gasteiger partial charge in [-0.2, -0.15) is 0 Å². The summed E-state index contributed by atoms with van der Waals surface area (Å²) in [4.78, 5) is 11.1. The molecule has 46 heavy (non-hydrogen) atoms. The maximum absolute atomic E-state index is 11.1. The molecule has 0 aromatic heterocycles. The zero-order valence-electron chi connectivity index (χ0n) is 27.0. The molecule has 4 aromatic rings. The van der Waals surface area contributed by atoms with Crippen molar-refractivity contribution in [3.05, 3.63) is 119 Å². The first-order chi connectivity index (χ1) is 22.5. The zero-order chi connectivity index (χ0) is 32.1. The van der Waals surface area contributed by atoms with Crippen LogP contribution in [-0.4, -0.2) is 25.3 Å². The zero-order valence-corrected chi connectivity index (χ0v) is 27.0. The van der Waals surface area contributed by atoms with E-state index in [1.54, 1.807) is 0 Å². The van der Waals surface area contributed by atoms with Crippen LogP contribution in [0, 0.1) is 23.7 Å². The van der Waals surface area contributed by atoms with Crippen molar-refractivity contribution in [2.45, 2.75) is 71.3 Å². The molecule has 1 aliphatic carbocycles. The van der Waals surface area contributed by atoms with E-state index < -0.39 is 0 Å². The van der Waals surface area contributed by atoms with Gasteiger partial charge >= 0.3 is 5.97 Å². The number of esters is 1. The molecular weight excluding hydrogens is 568 g/mol. The van der Waals surface area contributed by atoms with Crippen LogP contribution in [0.5, 0.6) is 11.5 Å². The molecule has 4 aromatic carbocycles. The Morgan fingerprint density at radius 2 is 1.37 bits per heavy atom. The maximum Gasteiger partial charge on any atom is 0.330 e. The lowest BCUT2D eigenvalue weighted by Crippen LogP contribution is -2.09.